The topological polar surface area (TPSA) is 180 Å². The van der Waals surface area contributed by atoms with E-state index < -0.39 is 59.5 Å². The number of nitrogens with one attached hydrogen (secondary N) is 4. The molecule has 0 aromatic carbocycles. The molecule has 0 radical (unpaired) electrons. The Hall–Kier alpha value is -3.90. The fourth-order valence-electron chi connectivity index (χ4n) is 6.14. The number of ketones is 1. The normalized spacial score (nSPS) is 21.8. The maximum absolute atomic E-state index is 14.2. The molecular weight excluding hydrogens is 578 g/mol. The van der Waals surface area contributed by atoms with Crippen molar-refractivity contribution in [2.24, 2.45) is 23.7 Å². The van der Waals surface area contributed by atoms with Crippen LogP contribution < -0.4 is 21.3 Å². The number of carbonyl (C=O) groups is 6. The van der Waals surface area contributed by atoms with E-state index in [0.717, 1.165) is 19.3 Å². The number of rotatable bonds is 14. The first kappa shape index (κ1) is 35.6. The number of aromatic nitrogens is 2. The van der Waals surface area contributed by atoms with E-state index in [2.05, 4.69) is 31.2 Å². The van der Waals surface area contributed by atoms with E-state index in [9.17, 15) is 28.8 Å². The molecule has 1 aliphatic heterocycles. The molecule has 1 unspecified atom stereocenters. The van der Waals surface area contributed by atoms with Crippen molar-refractivity contribution in [3.8, 4) is 0 Å². The number of hydrogen-bond acceptors (Lipinski definition) is 8. The summed E-state index contributed by atoms with van der Waals surface area (Å²) >= 11 is 0. The van der Waals surface area contributed by atoms with Crippen LogP contribution in [0.4, 0.5) is 0 Å². The minimum atomic E-state index is -1.02. The van der Waals surface area contributed by atoms with Gasteiger partial charge in [-0.15, -0.1) is 0 Å². The highest BCUT2D eigenvalue weighted by molar-refractivity contribution is 6.38. The van der Waals surface area contributed by atoms with E-state index in [4.69, 9.17) is 0 Å². The first-order valence-corrected chi connectivity index (χ1v) is 16.1. The molecule has 0 spiro atoms. The third-order valence-electron chi connectivity index (χ3n) is 8.96. The molecule has 2 heterocycles. The minimum absolute atomic E-state index is 0.0612. The highest BCUT2D eigenvalue weighted by Gasteiger charge is 2.51. The van der Waals surface area contributed by atoms with Gasteiger partial charge in [-0.3, -0.25) is 33.8 Å². The van der Waals surface area contributed by atoms with Gasteiger partial charge in [-0.25, -0.2) is 4.98 Å². The largest absolute Gasteiger partial charge is 0.347 e. The van der Waals surface area contributed by atoms with E-state index in [1.807, 2.05) is 6.92 Å². The third kappa shape index (κ3) is 8.64. The summed E-state index contributed by atoms with van der Waals surface area (Å²) < 4.78 is 0. The molecule has 1 saturated carbocycles. The molecule has 2 aliphatic rings. The van der Waals surface area contributed by atoms with Gasteiger partial charge in [0.15, 0.2) is 0 Å². The summed E-state index contributed by atoms with van der Waals surface area (Å²) in [5.74, 6) is -4.04. The minimum Gasteiger partial charge on any atom is -0.347 e. The van der Waals surface area contributed by atoms with Gasteiger partial charge in [-0.05, 0) is 56.3 Å². The number of fused-ring (bicyclic) bond motifs is 1. The zero-order valence-electron chi connectivity index (χ0n) is 27.5. The van der Waals surface area contributed by atoms with Gasteiger partial charge in [0.25, 0.3) is 11.8 Å². The maximum atomic E-state index is 14.2. The van der Waals surface area contributed by atoms with E-state index in [1.54, 1.807) is 41.5 Å². The van der Waals surface area contributed by atoms with Gasteiger partial charge in [-0.1, -0.05) is 48.0 Å². The molecule has 13 heteroatoms. The Balaban J connectivity index is 1.79. The predicted octanol–water partition coefficient (Wildman–Crippen LogP) is 1.38. The Labute approximate surface area is 265 Å². The molecule has 1 aliphatic carbocycles. The molecule has 5 amide bonds. The summed E-state index contributed by atoms with van der Waals surface area (Å²) in [6.45, 7) is 12.9. The van der Waals surface area contributed by atoms with Crippen molar-refractivity contribution in [3.63, 3.8) is 0 Å². The average Bonchev–Trinajstić information content (AvgIpc) is 3.62. The average molecular weight is 628 g/mol. The summed E-state index contributed by atoms with van der Waals surface area (Å²) in [6.07, 6.45) is 7.55. The van der Waals surface area contributed by atoms with Crippen LogP contribution in [0.25, 0.3) is 0 Å². The summed E-state index contributed by atoms with van der Waals surface area (Å²) in [5, 5.41) is 11.0. The van der Waals surface area contributed by atoms with Gasteiger partial charge >= 0.3 is 0 Å². The first-order valence-electron chi connectivity index (χ1n) is 16.1. The maximum Gasteiger partial charge on any atom is 0.289 e. The van der Waals surface area contributed by atoms with E-state index in [0.29, 0.717) is 13.0 Å². The lowest BCUT2D eigenvalue weighted by Gasteiger charge is -2.33. The lowest BCUT2D eigenvalue weighted by atomic mass is 9.92. The number of Topliss-reactive ketones (excluding diaryl/α,β-unsaturated/α-hetero) is 1. The van der Waals surface area contributed by atoms with Crippen molar-refractivity contribution < 1.29 is 28.8 Å². The lowest BCUT2D eigenvalue weighted by molar-refractivity contribution is -0.145. The molecule has 1 aromatic heterocycles. The summed E-state index contributed by atoms with van der Waals surface area (Å²) in [4.78, 5) is 89.1. The van der Waals surface area contributed by atoms with Crippen molar-refractivity contribution in [3.05, 3.63) is 24.3 Å². The van der Waals surface area contributed by atoms with Gasteiger partial charge in [0, 0.05) is 25.0 Å². The second-order valence-corrected chi connectivity index (χ2v) is 12.9. The summed E-state index contributed by atoms with van der Waals surface area (Å²) in [7, 11) is 0. The summed E-state index contributed by atoms with van der Waals surface area (Å²) in [6, 6.07) is -3.96. The van der Waals surface area contributed by atoms with Crippen LogP contribution >= 0.6 is 0 Å². The standard InChI is InChI=1S/C32H49N7O6/c1-8-19(7)35-31(44)27(40)22(9-2)36-30(43)26-21-12-10-11-20(21)16-39(26)32(45)25(18(5)6)38-29(42)24(17(3)4)37-28(41)23-15-33-13-14-34-23/h13-15,17-22,24-26H,8-12,16H2,1-7H3,(H,35,44)(H,36,43)(H,37,41)(H,38,42)/t19-,20-,21-,22?,24-,25-,26-/m0/s1. The Morgan fingerprint density at radius 3 is 2.13 bits per heavy atom. The number of nitrogens with zero attached hydrogens (tertiary/aromatic N) is 3. The van der Waals surface area contributed by atoms with Crippen LogP contribution in [0.15, 0.2) is 18.6 Å². The molecule has 7 atom stereocenters. The molecule has 45 heavy (non-hydrogen) atoms. The van der Waals surface area contributed by atoms with Crippen LogP contribution in [0.3, 0.4) is 0 Å². The van der Waals surface area contributed by atoms with Crippen LogP contribution in [0, 0.1) is 23.7 Å². The molecule has 1 aromatic rings. The van der Waals surface area contributed by atoms with Crippen molar-refractivity contribution in [2.75, 3.05) is 6.54 Å². The highest BCUT2D eigenvalue weighted by atomic mass is 16.2. The number of hydrogen-bond donors (Lipinski definition) is 4. The number of carbonyl (C=O) groups excluding carboxylic acids is 6. The lowest BCUT2D eigenvalue weighted by Crippen LogP contribution is -2.60. The SMILES string of the molecule is CCC(NC(=O)[C@@H]1[C@H]2CCC[C@H]2CN1C(=O)[C@@H](NC(=O)[C@@H](NC(=O)c1cnccn1)C(C)C)C(C)C)C(=O)C(=O)N[C@@H](C)CC. The Morgan fingerprint density at radius 2 is 1.56 bits per heavy atom. The van der Waals surface area contributed by atoms with Gasteiger partial charge in [0.2, 0.25) is 23.5 Å². The first-order chi connectivity index (χ1) is 21.3. The monoisotopic (exact) mass is 627 g/mol. The van der Waals surface area contributed by atoms with Gasteiger partial charge in [-0.2, -0.15) is 0 Å². The van der Waals surface area contributed by atoms with Crippen LogP contribution in [-0.4, -0.2) is 86.9 Å². The van der Waals surface area contributed by atoms with E-state index in [-0.39, 0.29) is 41.8 Å². The predicted molar refractivity (Wildman–Crippen MR) is 166 cm³/mol. The smallest absolute Gasteiger partial charge is 0.289 e. The number of amides is 5. The van der Waals surface area contributed by atoms with Crippen LogP contribution in [0.5, 0.6) is 0 Å². The second-order valence-electron chi connectivity index (χ2n) is 12.9. The molecule has 248 valence electrons. The molecule has 13 nitrogen and oxygen atoms in total. The fourth-order valence-corrected chi connectivity index (χ4v) is 6.14. The second kappa shape index (κ2) is 15.9. The molecule has 2 fully saturated rings. The molecular formula is C32H49N7O6. The Morgan fingerprint density at radius 1 is 0.867 bits per heavy atom. The van der Waals surface area contributed by atoms with Crippen LogP contribution in [0.2, 0.25) is 0 Å². The Bertz CT molecular complexity index is 1240. The summed E-state index contributed by atoms with van der Waals surface area (Å²) in [5.41, 5.74) is 0.0612. The zero-order valence-corrected chi connectivity index (χ0v) is 27.5. The van der Waals surface area contributed by atoms with Gasteiger partial charge in [0.05, 0.1) is 12.2 Å². The Kier molecular flexibility index (Phi) is 12.6. The molecule has 1 saturated heterocycles. The van der Waals surface area contributed by atoms with Crippen LogP contribution in [0.1, 0.15) is 91.1 Å². The zero-order chi connectivity index (χ0) is 33.4. The highest BCUT2D eigenvalue weighted by Crippen LogP contribution is 2.42. The van der Waals surface area contributed by atoms with Crippen molar-refractivity contribution in [2.45, 2.75) is 111 Å². The number of likely N-dealkylation sites (tertiary alicyclic amines) is 1. The van der Waals surface area contributed by atoms with E-state index in [1.165, 1.54) is 23.5 Å². The fraction of sp³-hybridized carbons (Fsp3) is 0.688. The van der Waals surface area contributed by atoms with Crippen molar-refractivity contribution in [1.29, 1.82) is 0 Å². The quantitative estimate of drug-likeness (QED) is 0.223. The van der Waals surface area contributed by atoms with Gasteiger partial charge < -0.3 is 26.2 Å². The van der Waals surface area contributed by atoms with Gasteiger partial charge in [0.1, 0.15) is 23.8 Å². The van der Waals surface area contributed by atoms with Crippen LogP contribution in [-0.2, 0) is 24.0 Å². The van der Waals surface area contributed by atoms with Crippen molar-refractivity contribution in [1.82, 2.24) is 36.1 Å². The molecule has 3 rings (SSSR count). The van der Waals surface area contributed by atoms with E-state index >= 15 is 0 Å². The molecule has 4 N–H and O–H groups in total. The third-order valence-corrected chi connectivity index (χ3v) is 8.96. The van der Waals surface area contributed by atoms with Crippen molar-refractivity contribution >= 4 is 35.3 Å². The molecule has 0 bridgehead atoms.